The van der Waals surface area contributed by atoms with E-state index in [0.29, 0.717) is 43.4 Å². The highest BCUT2D eigenvalue weighted by molar-refractivity contribution is 6.30. The van der Waals surface area contributed by atoms with Crippen molar-refractivity contribution in [1.29, 1.82) is 0 Å². The second-order valence-electron chi connectivity index (χ2n) is 6.24. The molecule has 9 heteroatoms. The summed E-state index contributed by atoms with van der Waals surface area (Å²) in [5.74, 6) is -0.932. The molecule has 146 valence electrons. The van der Waals surface area contributed by atoms with Crippen molar-refractivity contribution >= 4 is 17.6 Å². The summed E-state index contributed by atoms with van der Waals surface area (Å²) < 4.78 is 17.2. The molecule has 0 radical (unpaired) electrons. The van der Waals surface area contributed by atoms with Gasteiger partial charge in [0.2, 0.25) is 0 Å². The highest BCUT2D eigenvalue weighted by atomic mass is 35.5. The fourth-order valence-corrected chi connectivity index (χ4v) is 3.17. The normalized spacial score (nSPS) is 17.6. The Labute approximate surface area is 160 Å². The number of carboxylic acid groups (broad SMARTS) is 1. The topological polar surface area (TPSA) is 94.1 Å². The van der Waals surface area contributed by atoms with Crippen molar-refractivity contribution in [2.45, 2.75) is 12.1 Å². The maximum atomic E-state index is 12.4. The smallest absolute Gasteiger partial charge is 0.332 e. The third-order valence-electron chi connectivity index (χ3n) is 4.50. The first kappa shape index (κ1) is 19.6. The van der Waals surface area contributed by atoms with Crippen molar-refractivity contribution in [3.8, 4) is 11.3 Å². The molecule has 1 aliphatic rings. The van der Waals surface area contributed by atoms with Crippen LogP contribution in [0.15, 0.2) is 39.6 Å². The van der Waals surface area contributed by atoms with Crippen LogP contribution in [-0.4, -0.2) is 66.8 Å². The molecule has 1 aliphatic heterocycles. The summed E-state index contributed by atoms with van der Waals surface area (Å²) in [7, 11) is 1.43. The number of nitrogens with zero attached hydrogens (tertiary/aromatic N) is 2. The molecule has 27 heavy (non-hydrogen) atoms. The highest BCUT2D eigenvalue weighted by Gasteiger charge is 2.35. The Hall–Kier alpha value is -2.13. The van der Waals surface area contributed by atoms with Gasteiger partial charge in [0.15, 0.2) is 11.8 Å². The minimum absolute atomic E-state index is 0.268. The van der Waals surface area contributed by atoms with Gasteiger partial charge in [0.1, 0.15) is 6.10 Å². The summed E-state index contributed by atoms with van der Waals surface area (Å²) in [6, 6.07) is 6.70. The van der Waals surface area contributed by atoms with Gasteiger partial charge >= 0.3 is 5.97 Å². The van der Waals surface area contributed by atoms with Crippen LogP contribution in [0, 0.1) is 0 Å². The minimum Gasteiger partial charge on any atom is -0.480 e. The molecule has 0 bridgehead atoms. The van der Waals surface area contributed by atoms with Crippen molar-refractivity contribution in [1.82, 2.24) is 9.64 Å². The average Bonchev–Trinajstić information content (AvgIpc) is 3.03. The van der Waals surface area contributed by atoms with Crippen molar-refractivity contribution in [3.05, 3.63) is 45.7 Å². The number of rotatable bonds is 7. The maximum absolute atomic E-state index is 12.4. The van der Waals surface area contributed by atoms with Gasteiger partial charge in [-0.1, -0.05) is 11.6 Å². The van der Waals surface area contributed by atoms with E-state index < -0.39 is 23.7 Å². The monoisotopic (exact) mass is 396 g/mol. The van der Waals surface area contributed by atoms with E-state index in [1.54, 1.807) is 24.3 Å². The molecule has 1 aromatic carbocycles. The Kier molecular flexibility index (Phi) is 6.33. The molecule has 1 saturated heterocycles. The molecule has 1 fully saturated rings. The fourth-order valence-electron chi connectivity index (χ4n) is 3.05. The van der Waals surface area contributed by atoms with Crippen LogP contribution in [-0.2, 0) is 14.3 Å². The number of hydrogen-bond donors (Lipinski definition) is 1. The number of halogens is 1. The van der Waals surface area contributed by atoms with E-state index in [1.165, 1.54) is 13.2 Å². The van der Waals surface area contributed by atoms with Gasteiger partial charge in [0.05, 0.1) is 19.3 Å². The number of carboxylic acids is 1. The van der Waals surface area contributed by atoms with Gasteiger partial charge in [0, 0.05) is 37.3 Å². The lowest BCUT2D eigenvalue weighted by molar-refractivity contribution is -0.149. The number of aromatic nitrogens is 1. The van der Waals surface area contributed by atoms with Crippen molar-refractivity contribution in [3.63, 3.8) is 0 Å². The van der Waals surface area contributed by atoms with Crippen LogP contribution in [0.4, 0.5) is 0 Å². The number of hydrogen-bond acceptors (Lipinski definition) is 6. The maximum Gasteiger partial charge on any atom is 0.332 e. The zero-order valence-electron chi connectivity index (χ0n) is 14.8. The van der Waals surface area contributed by atoms with E-state index in [0.717, 1.165) is 4.74 Å². The summed E-state index contributed by atoms with van der Waals surface area (Å²) in [5.41, 5.74) is 0.0814. The summed E-state index contributed by atoms with van der Waals surface area (Å²) in [6.45, 7) is 2.86. The Morgan fingerprint density at radius 1 is 1.30 bits per heavy atom. The van der Waals surface area contributed by atoms with Gasteiger partial charge in [-0.05, 0) is 24.3 Å². The molecule has 1 N–H and O–H groups in total. The van der Waals surface area contributed by atoms with Crippen molar-refractivity contribution < 1.29 is 23.9 Å². The average molecular weight is 397 g/mol. The lowest BCUT2D eigenvalue weighted by atomic mass is 10.1. The predicted molar refractivity (Wildman–Crippen MR) is 98.1 cm³/mol. The standard InChI is InChI=1S/C18H21ClN2O6/c1-25-15(11-20-6-8-26-9-7-20)17(18(23)24)21-16(22)10-14(27-21)12-2-4-13(19)5-3-12/h2-5,10,15,17H,6-9,11H2,1H3,(H,23,24). The largest absolute Gasteiger partial charge is 0.480 e. The van der Waals surface area contributed by atoms with Gasteiger partial charge in [-0.25, -0.2) is 4.79 Å². The SMILES string of the molecule is COC(CN1CCOCC1)C(C(=O)O)n1oc(-c2ccc(Cl)cc2)cc1=O. The zero-order valence-corrected chi connectivity index (χ0v) is 15.6. The van der Waals surface area contributed by atoms with Crippen LogP contribution in [0.25, 0.3) is 11.3 Å². The molecule has 3 rings (SSSR count). The fraction of sp³-hybridized carbons (Fsp3) is 0.444. The molecular formula is C18H21ClN2O6. The van der Waals surface area contributed by atoms with Crippen LogP contribution in [0.1, 0.15) is 6.04 Å². The minimum atomic E-state index is -1.29. The third kappa shape index (κ3) is 4.59. The van der Waals surface area contributed by atoms with Crippen LogP contribution in [0.2, 0.25) is 5.02 Å². The number of morpholine rings is 1. The molecule has 1 aromatic heterocycles. The lowest BCUT2D eigenvalue weighted by Gasteiger charge is -2.31. The number of ether oxygens (including phenoxy) is 2. The molecule has 0 spiro atoms. The Bertz CT molecular complexity index is 825. The summed E-state index contributed by atoms with van der Waals surface area (Å²) in [4.78, 5) is 26.4. The number of aliphatic carboxylic acids is 1. The zero-order chi connectivity index (χ0) is 19.4. The van der Waals surface area contributed by atoms with Crippen LogP contribution >= 0.6 is 11.6 Å². The molecule has 0 saturated carbocycles. The third-order valence-corrected chi connectivity index (χ3v) is 4.75. The number of methoxy groups -OCH3 is 1. The van der Waals surface area contributed by atoms with Gasteiger partial charge in [-0.15, -0.1) is 0 Å². The van der Waals surface area contributed by atoms with Gasteiger partial charge in [-0.2, -0.15) is 4.74 Å². The Balaban J connectivity index is 1.88. The Morgan fingerprint density at radius 2 is 1.96 bits per heavy atom. The molecule has 2 atom stereocenters. The quantitative estimate of drug-likeness (QED) is 0.761. The molecule has 2 heterocycles. The van der Waals surface area contributed by atoms with E-state index in [-0.39, 0.29) is 5.76 Å². The van der Waals surface area contributed by atoms with Gasteiger partial charge < -0.3 is 19.1 Å². The van der Waals surface area contributed by atoms with Crippen molar-refractivity contribution in [2.75, 3.05) is 40.0 Å². The van der Waals surface area contributed by atoms with E-state index in [9.17, 15) is 14.7 Å². The first-order valence-electron chi connectivity index (χ1n) is 8.54. The van der Waals surface area contributed by atoms with E-state index in [4.69, 9.17) is 25.6 Å². The van der Waals surface area contributed by atoms with Crippen LogP contribution < -0.4 is 5.56 Å². The lowest BCUT2D eigenvalue weighted by Crippen LogP contribution is -2.47. The second kappa shape index (κ2) is 8.71. The van der Waals surface area contributed by atoms with Crippen LogP contribution in [0.5, 0.6) is 0 Å². The predicted octanol–water partition coefficient (Wildman–Crippen LogP) is 1.73. The molecular weight excluding hydrogens is 376 g/mol. The number of carbonyl (C=O) groups is 1. The molecule has 2 unspecified atom stereocenters. The van der Waals surface area contributed by atoms with E-state index in [2.05, 4.69) is 0 Å². The van der Waals surface area contributed by atoms with Crippen LogP contribution in [0.3, 0.4) is 0 Å². The first-order valence-corrected chi connectivity index (χ1v) is 8.92. The van der Waals surface area contributed by atoms with Gasteiger partial charge in [-0.3, -0.25) is 9.69 Å². The number of benzene rings is 1. The summed E-state index contributed by atoms with van der Waals surface area (Å²) >= 11 is 5.88. The summed E-state index contributed by atoms with van der Waals surface area (Å²) in [5, 5.41) is 10.3. The van der Waals surface area contributed by atoms with Gasteiger partial charge in [0.25, 0.3) is 5.56 Å². The van der Waals surface area contributed by atoms with E-state index in [1.807, 2.05) is 4.90 Å². The molecule has 8 nitrogen and oxygen atoms in total. The summed E-state index contributed by atoms with van der Waals surface area (Å²) in [6.07, 6.45) is -0.762. The molecule has 0 aliphatic carbocycles. The Morgan fingerprint density at radius 3 is 2.56 bits per heavy atom. The second-order valence-corrected chi connectivity index (χ2v) is 6.68. The first-order chi connectivity index (χ1) is 13.0. The molecule has 0 amide bonds. The van der Waals surface area contributed by atoms with Crippen molar-refractivity contribution in [2.24, 2.45) is 0 Å². The van der Waals surface area contributed by atoms with E-state index >= 15 is 0 Å². The highest BCUT2D eigenvalue weighted by Crippen LogP contribution is 2.23. The molecule has 2 aromatic rings.